The predicted octanol–water partition coefficient (Wildman–Crippen LogP) is 2.65. The van der Waals surface area contributed by atoms with Gasteiger partial charge in [-0.3, -0.25) is 0 Å². The van der Waals surface area contributed by atoms with Crippen molar-refractivity contribution in [2.24, 2.45) is 0 Å². The van der Waals surface area contributed by atoms with Gasteiger partial charge in [-0.25, -0.2) is 0 Å². The maximum absolute atomic E-state index is 5.81. The number of ether oxygens (including phenoxy) is 2. The molecule has 0 aromatic heterocycles. The molecule has 1 rings (SSSR count). The van der Waals surface area contributed by atoms with Crippen LogP contribution in [-0.2, 0) is 9.47 Å². The Balaban J connectivity index is 2.65. The zero-order valence-electron chi connectivity index (χ0n) is 12.4. The fourth-order valence-electron chi connectivity index (χ4n) is 1.82. The van der Waals surface area contributed by atoms with Crippen molar-refractivity contribution in [3.63, 3.8) is 0 Å². The van der Waals surface area contributed by atoms with Crippen LogP contribution >= 0.6 is 0 Å². The molecule has 1 aromatic carbocycles. The van der Waals surface area contributed by atoms with Crippen LogP contribution in [0.25, 0.3) is 5.57 Å². The fraction of sp³-hybridized carbons (Fsp3) is 0.500. The van der Waals surface area contributed by atoms with Crippen LogP contribution in [0.4, 0.5) is 0 Å². The summed E-state index contributed by atoms with van der Waals surface area (Å²) in [4.78, 5) is 0. The minimum atomic E-state index is -0.577. The molecule has 2 nitrogen and oxygen atoms in total. The molecular weight excluding hydrogens is 252 g/mol. The number of benzene rings is 1. The molecule has 0 aliphatic carbocycles. The van der Waals surface area contributed by atoms with Crippen molar-refractivity contribution < 1.29 is 9.47 Å². The molecule has 0 aliphatic rings. The topological polar surface area (TPSA) is 18.5 Å². The van der Waals surface area contributed by atoms with Gasteiger partial charge in [0.15, 0.2) is 0 Å². The maximum atomic E-state index is 5.81. The molecule has 0 saturated carbocycles. The van der Waals surface area contributed by atoms with E-state index >= 15 is 0 Å². The highest BCUT2D eigenvalue weighted by atomic mass is 28.2. The van der Waals surface area contributed by atoms with Gasteiger partial charge < -0.3 is 9.47 Å². The van der Waals surface area contributed by atoms with Crippen LogP contribution < -0.4 is 5.19 Å². The second-order valence-electron chi connectivity index (χ2n) is 4.86. The first-order valence-corrected chi connectivity index (χ1v) is 8.67. The lowest BCUT2D eigenvalue weighted by Gasteiger charge is -2.18. The van der Waals surface area contributed by atoms with Gasteiger partial charge in [0.1, 0.15) is 15.4 Å². The van der Waals surface area contributed by atoms with Gasteiger partial charge in [-0.1, -0.05) is 55.5 Å². The normalized spacial score (nSPS) is 11.6. The third-order valence-corrected chi connectivity index (χ3v) is 4.55. The van der Waals surface area contributed by atoms with Gasteiger partial charge in [-0.2, -0.15) is 0 Å². The van der Waals surface area contributed by atoms with E-state index in [2.05, 4.69) is 44.7 Å². The third-order valence-electron chi connectivity index (χ3n) is 2.84. The van der Waals surface area contributed by atoms with E-state index in [9.17, 15) is 0 Å². The van der Waals surface area contributed by atoms with E-state index in [4.69, 9.17) is 9.47 Å². The highest BCUT2D eigenvalue weighted by Crippen LogP contribution is 2.08. The lowest BCUT2D eigenvalue weighted by atomic mass is 10.1. The second kappa shape index (κ2) is 9.07. The molecule has 0 fully saturated rings. The van der Waals surface area contributed by atoms with Crippen LogP contribution in [0, 0.1) is 0 Å². The van der Waals surface area contributed by atoms with Crippen LogP contribution in [0.5, 0.6) is 0 Å². The molecule has 3 heteroatoms. The molecule has 19 heavy (non-hydrogen) atoms. The summed E-state index contributed by atoms with van der Waals surface area (Å²) in [5.74, 6) is 0.000251. The molecule has 0 atom stereocenters. The summed E-state index contributed by atoms with van der Waals surface area (Å²) in [5, 5.41) is 1.37. The van der Waals surface area contributed by atoms with Gasteiger partial charge in [-0.05, 0) is 25.3 Å². The van der Waals surface area contributed by atoms with Gasteiger partial charge in [0.25, 0.3) is 0 Å². The summed E-state index contributed by atoms with van der Waals surface area (Å²) >= 11 is 0. The highest BCUT2D eigenvalue weighted by molar-refractivity contribution is 6.54. The van der Waals surface area contributed by atoms with E-state index in [0.29, 0.717) is 0 Å². The molecule has 0 unspecified atom stereocenters. The number of hydrogen-bond donors (Lipinski definition) is 0. The van der Waals surface area contributed by atoms with Gasteiger partial charge in [-0.15, -0.1) is 0 Å². The van der Waals surface area contributed by atoms with Crippen LogP contribution in [0.3, 0.4) is 0 Å². The minimum absolute atomic E-state index is 0.000251. The van der Waals surface area contributed by atoms with Gasteiger partial charge >= 0.3 is 0 Å². The van der Waals surface area contributed by atoms with Crippen molar-refractivity contribution in [1.82, 2.24) is 0 Å². The summed E-state index contributed by atoms with van der Waals surface area (Å²) in [6, 6.07) is 8.61. The summed E-state index contributed by atoms with van der Waals surface area (Å²) in [7, 11) is -0.577. The predicted molar refractivity (Wildman–Crippen MR) is 85.6 cm³/mol. The van der Waals surface area contributed by atoms with Crippen molar-refractivity contribution in [2.45, 2.75) is 39.5 Å². The quantitative estimate of drug-likeness (QED) is 0.511. The van der Waals surface area contributed by atoms with E-state index in [0.717, 1.165) is 31.6 Å². The van der Waals surface area contributed by atoms with Crippen LogP contribution in [-0.4, -0.2) is 28.6 Å². The highest BCUT2D eigenvalue weighted by Gasteiger charge is 2.11. The zero-order valence-corrected chi connectivity index (χ0v) is 13.9. The lowest BCUT2D eigenvalue weighted by molar-refractivity contribution is -0.0894. The first-order chi connectivity index (χ1) is 9.17. The van der Waals surface area contributed by atoms with Crippen LogP contribution in [0.2, 0.25) is 0 Å². The fourth-order valence-corrected chi connectivity index (χ4v) is 3.38. The lowest BCUT2D eigenvalue weighted by Crippen LogP contribution is -2.33. The van der Waals surface area contributed by atoms with Gasteiger partial charge in [0, 0.05) is 13.2 Å². The van der Waals surface area contributed by atoms with Crippen LogP contribution in [0.15, 0.2) is 30.8 Å². The largest absolute Gasteiger partial charge is 0.357 e. The van der Waals surface area contributed by atoms with Crippen molar-refractivity contribution in [1.29, 1.82) is 0 Å². The Labute approximate surface area is 119 Å². The first kappa shape index (κ1) is 16.2. The Morgan fingerprint density at radius 2 is 1.84 bits per heavy atom. The van der Waals surface area contributed by atoms with Crippen molar-refractivity contribution in [2.75, 3.05) is 13.2 Å². The van der Waals surface area contributed by atoms with E-state index in [1.807, 2.05) is 6.92 Å². The Hall–Kier alpha value is -0.903. The third kappa shape index (κ3) is 6.19. The number of hydrogen-bond acceptors (Lipinski definition) is 2. The molecule has 106 valence electrons. The SMILES string of the molecule is C=C(C)c1cccc([SiH2]C(OCCC)OCCC)c1. The number of rotatable bonds is 9. The van der Waals surface area contributed by atoms with E-state index in [-0.39, 0.29) is 5.91 Å². The first-order valence-electron chi connectivity index (χ1n) is 7.15. The number of allylic oxidation sites excluding steroid dienone is 1. The minimum Gasteiger partial charge on any atom is -0.357 e. The van der Waals surface area contributed by atoms with E-state index in [1.54, 1.807) is 0 Å². The second-order valence-corrected chi connectivity index (χ2v) is 6.75. The Bertz CT molecular complexity index is 382. The molecule has 1 aromatic rings. The summed E-state index contributed by atoms with van der Waals surface area (Å²) in [5.41, 5.74) is 2.33. The van der Waals surface area contributed by atoms with Crippen molar-refractivity contribution >= 4 is 20.3 Å². The standard InChI is InChI=1S/C16H26O2Si/c1-5-10-17-16(18-11-6-2)19-15-9-7-8-14(12-15)13(3)4/h7-9,12,16H,3,5-6,10-11,19H2,1-2,4H3. The molecule has 0 N–H and O–H groups in total. The molecular formula is C16H26O2Si. The Kier molecular flexibility index (Phi) is 7.71. The molecule has 0 heterocycles. The monoisotopic (exact) mass is 278 g/mol. The van der Waals surface area contributed by atoms with Crippen LogP contribution in [0.1, 0.15) is 39.2 Å². The Morgan fingerprint density at radius 3 is 2.37 bits per heavy atom. The van der Waals surface area contributed by atoms with E-state index < -0.39 is 9.52 Å². The smallest absolute Gasteiger partial charge is 0.139 e. The molecule has 0 aliphatic heterocycles. The molecule has 0 saturated heterocycles. The Morgan fingerprint density at radius 1 is 1.21 bits per heavy atom. The molecule has 0 amide bonds. The zero-order chi connectivity index (χ0) is 14.1. The van der Waals surface area contributed by atoms with Gasteiger partial charge in [0.2, 0.25) is 0 Å². The average Bonchev–Trinajstić information content (AvgIpc) is 2.42. The maximum Gasteiger partial charge on any atom is 0.139 e. The van der Waals surface area contributed by atoms with Crippen molar-refractivity contribution in [3.05, 3.63) is 36.4 Å². The summed E-state index contributed by atoms with van der Waals surface area (Å²) in [6.45, 7) is 11.8. The van der Waals surface area contributed by atoms with E-state index in [1.165, 1.54) is 10.8 Å². The molecule has 0 radical (unpaired) electrons. The average molecular weight is 278 g/mol. The van der Waals surface area contributed by atoms with Gasteiger partial charge in [0.05, 0.1) is 0 Å². The summed E-state index contributed by atoms with van der Waals surface area (Å²) in [6.07, 6.45) is 2.07. The molecule has 0 spiro atoms. The van der Waals surface area contributed by atoms with Crippen molar-refractivity contribution in [3.8, 4) is 0 Å². The summed E-state index contributed by atoms with van der Waals surface area (Å²) < 4.78 is 11.6. The molecule has 0 bridgehead atoms.